The topological polar surface area (TPSA) is 72.3 Å². The van der Waals surface area contributed by atoms with Crippen molar-refractivity contribution in [3.05, 3.63) is 23.8 Å². The summed E-state index contributed by atoms with van der Waals surface area (Å²) in [4.78, 5) is 13.8. The van der Waals surface area contributed by atoms with E-state index < -0.39 is 5.91 Å². The maximum atomic E-state index is 11.6. The van der Waals surface area contributed by atoms with Gasteiger partial charge in [0.05, 0.1) is 16.9 Å². The number of carbonyl (C=O) groups is 1. The monoisotopic (exact) mass is 247 g/mol. The van der Waals surface area contributed by atoms with E-state index in [0.717, 1.165) is 24.9 Å². The van der Waals surface area contributed by atoms with Gasteiger partial charge in [-0.15, -0.1) is 0 Å². The Morgan fingerprint density at radius 2 is 2.17 bits per heavy atom. The largest absolute Gasteiger partial charge is 0.397 e. The van der Waals surface area contributed by atoms with E-state index in [1.807, 2.05) is 6.07 Å². The first kappa shape index (κ1) is 12.7. The van der Waals surface area contributed by atoms with E-state index in [-0.39, 0.29) is 0 Å². The molecule has 0 bridgehead atoms. The highest BCUT2D eigenvalue weighted by Gasteiger charge is 2.32. The Hall–Kier alpha value is -1.71. The molecule has 0 saturated carbocycles. The summed E-state index contributed by atoms with van der Waals surface area (Å²) in [6.07, 6.45) is 3.33. The zero-order valence-electron chi connectivity index (χ0n) is 11.0. The second-order valence-corrected chi connectivity index (χ2v) is 5.00. The molecule has 4 heteroatoms. The standard InChI is InChI=1S/C14H21N3O/c1-3-10-8-7-9(2)17(10)13-11(14(16)18)5-4-6-12(13)15/h4-6,9-10H,3,7-8,15H2,1-2H3,(H2,16,18). The molecular formula is C14H21N3O. The van der Waals surface area contributed by atoms with Crippen LogP contribution in [0.4, 0.5) is 11.4 Å². The summed E-state index contributed by atoms with van der Waals surface area (Å²) in [6.45, 7) is 4.34. The second kappa shape index (κ2) is 4.88. The Kier molecular flexibility index (Phi) is 3.45. The molecule has 1 aliphatic heterocycles. The minimum absolute atomic E-state index is 0.401. The summed E-state index contributed by atoms with van der Waals surface area (Å²) in [6, 6.07) is 6.21. The zero-order valence-corrected chi connectivity index (χ0v) is 11.0. The summed E-state index contributed by atoms with van der Waals surface area (Å²) >= 11 is 0. The molecule has 1 amide bonds. The molecule has 0 spiro atoms. The van der Waals surface area contributed by atoms with Gasteiger partial charge in [-0.05, 0) is 38.3 Å². The fourth-order valence-corrected chi connectivity index (χ4v) is 2.92. The number of nitrogen functional groups attached to an aromatic ring is 1. The van der Waals surface area contributed by atoms with Gasteiger partial charge in [-0.1, -0.05) is 13.0 Å². The number of nitrogens with two attached hydrogens (primary N) is 2. The molecule has 1 fully saturated rings. The average molecular weight is 247 g/mol. The number of carbonyl (C=O) groups excluding carboxylic acids is 1. The third-order valence-corrected chi connectivity index (χ3v) is 3.85. The van der Waals surface area contributed by atoms with Crippen molar-refractivity contribution in [3.63, 3.8) is 0 Å². The van der Waals surface area contributed by atoms with E-state index in [0.29, 0.717) is 23.3 Å². The van der Waals surface area contributed by atoms with Crippen molar-refractivity contribution in [1.82, 2.24) is 0 Å². The van der Waals surface area contributed by atoms with Crippen LogP contribution < -0.4 is 16.4 Å². The van der Waals surface area contributed by atoms with Gasteiger partial charge < -0.3 is 16.4 Å². The Morgan fingerprint density at radius 1 is 1.44 bits per heavy atom. The van der Waals surface area contributed by atoms with Crippen LogP contribution in [0, 0.1) is 0 Å². The third kappa shape index (κ3) is 2.03. The Balaban J connectivity index is 2.52. The lowest BCUT2D eigenvalue weighted by Gasteiger charge is -2.32. The quantitative estimate of drug-likeness (QED) is 0.804. The molecule has 2 rings (SSSR count). The summed E-state index contributed by atoms with van der Waals surface area (Å²) < 4.78 is 0. The van der Waals surface area contributed by atoms with Crippen molar-refractivity contribution in [2.45, 2.75) is 45.2 Å². The fraction of sp³-hybridized carbons (Fsp3) is 0.500. The number of benzene rings is 1. The van der Waals surface area contributed by atoms with Gasteiger partial charge in [-0.25, -0.2) is 0 Å². The molecule has 1 aromatic carbocycles. The smallest absolute Gasteiger partial charge is 0.250 e. The van der Waals surface area contributed by atoms with E-state index in [9.17, 15) is 4.79 Å². The summed E-state index contributed by atoms with van der Waals surface area (Å²) in [5.74, 6) is -0.411. The van der Waals surface area contributed by atoms with Gasteiger partial charge in [0, 0.05) is 12.1 Å². The molecule has 0 aliphatic carbocycles. The molecule has 4 nitrogen and oxygen atoms in total. The molecule has 0 aromatic heterocycles. The number of rotatable bonds is 3. The molecule has 98 valence electrons. The molecule has 1 aliphatic rings. The highest BCUT2D eigenvalue weighted by atomic mass is 16.1. The van der Waals surface area contributed by atoms with Crippen LogP contribution in [0.25, 0.3) is 0 Å². The van der Waals surface area contributed by atoms with Gasteiger partial charge in [0.1, 0.15) is 0 Å². The Morgan fingerprint density at radius 3 is 2.78 bits per heavy atom. The van der Waals surface area contributed by atoms with Crippen LogP contribution in [-0.2, 0) is 0 Å². The van der Waals surface area contributed by atoms with Gasteiger partial charge >= 0.3 is 0 Å². The van der Waals surface area contributed by atoms with Crippen LogP contribution in [0.2, 0.25) is 0 Å². The first-order valence-electron chi connectivity index (χ1n) is 6.52. The lowest BCUT2D eigenvalue weighted by molar-refractivity contribution is 0.100. The zero-order chi connectivity index (χ0) is 13.3. The van der Waals surface area contributed by atoms with E-state index >= 15 is 0 Å². The lowest BCUT2D eigenvalue weighted by Crippen LogP contribution is -2.36. The average Bonchev–Trinajstić information content (AvgIpc) is 2.70. The van der Waals surface area contributed by atoms with Crippen molar-refractivity contribution in [2.75, 3.05) is 10.6 Å². The van der Waals surface area contributed by atoms with E-state index in [1.165, 1.54) is 0 Å². The predicted octanol–water partition coefficient (Wildman–Crippen LogP) is 2.14. The molecule has 0 radical (unpaired) electrons. The molecule has 1 heterocycles. The highest BCUT2D eigenvalue weighted by molar-refractivity contribution is 6.01. The number of nitrogens with zero attached hydrogens (tertiary/aromatic N) is 1. The minimum Gasteiger partial charge on any atom is -0.397 e. The van der Waals surface area contributed by atoms with Crippen LogP contribution in [0.5, 0.6) is 0 Å². The SMILES string of the molecule is CCC1CCC(C)N1c1c(N)cccc1C(N)=O. The molecule has 18 heavy (non-hydrogen) atoms. The van der Waals surface area contributed by atoms with E-state index in [1.54, 1.807) is 12.1 Å². The third-order valence-electron chi connectivity index (χ3n) is 3.85. The molecule has 2 atom stereocenters. The molecule has 1 saturated heterocycles. The summed E-state index contributed by atoms with van der Waals surface area (Å²) in [7, 11) is 0. The number of hydrogen-bond donors (Lipinski definition) is 2. The number of amides is 1. The molecule has 2 unspecified atom stereocenters. The van der Waals surface area contributed by atoms with Crippen LogP contribution in [0.1, 0.15) is 43.5 Å². The van der Waals surface area contributed by atoms with Crippen LogP contribution in [0.3, 0.4) is 0 Å². The number of primary amides is 1. The van der Waals surface area contributed by atoms with E-state index in [2.05, 4.69) is 18.7 Å². The van der Waals surface area contributed by atoms with Gasteiger partial charge in [-0.3, -0.25) is 4.79 Å². The molecule has 1 aromatic rings. The summed E-state index contributed by atoms with van der Waals surface area (Å²) in [5, 5.41) is 0. The van der Waals surface area contributed by atoms with Gasteiger partial charge in [-0.2, -0.15) is 0 Å². The van der Waals surface area contributed by atoms with Gasteiger partial charge in [0.2, 0.25) is 0 Å². The van der Waals surface area contributed by atoms with Crippen molar-refractivity contribution in [1.29, 1.82) is 0 Å². The predicted molar refractivity (Wildman–Crippen MR) is 74.6 cm³/mol. The molecular weight excluding hydrogens is 226 g/mol. The first-order chi connectivity index (χ1) is 8.56. The van der Waals surface area contributed by atoms with Gasteiger partial charge in [0.15, 0.2) is 0 Å². The Bertz CT molecular complexity index is 458. The van der Waals surface area contributed by atoms with Crippen molar-refractivity contribution < 1.29 is 4.79 Å². The Labute approximate surface area is 108 Å². The normalized spacial score (nSPS) is 23.3. The molecule has 4 N–H and O–H groups in total. The number of para-hydroxylation sites is 1. The minimum atomic E-state index is -0.411. The second-order valence-electron chi connectivity index (χ2n) is 5.00. The van der Waals surface area contributed by atoms with Crippen LogP contribution in [0.15, 0.2) is 18.2 Å². The summed E-state index contributed by atoms with van der Waals surface area (Å²) in [5.41, 5.74) is 13.5. The number of anilines is 2. The maximum absolute atomic E-state index is 11.6. The van der Waals surface area contributed by atoms with Crippen LogP contribution >= 0.6 is 0 Å². The number of hydrogen-bond acceptors (Lipinski definition) is 3. The van der Waals surface area contributed by atoms with Crippen molar-refractivity contribution >= 4 is 17.3 Å². The van der Waals surface area contributed by atoms with Crippen molar-refractivity contribution in [2.24, 2.45) is 5.73 Å². The lowest BCUT2D eigenvalue weighted by atomic mass is 10.1. The van der Waals surface area contributed by atoms with Crippen LogP contribution in [-0.4, -0.2) is 18.0 Å². The maximum Gasteiger partial charge on any atom is 0.250 e. The highest BCUT2D eigenvalue weighted by Crippen LogP contribution is 2.37. The van der Waals surface area contributed by atoms with Crippen molar-refractivity contribution in [3.8, 4) is 0 Å². The van der Waals surface area contributed by atoms with Gasteiger partial charge in [0.25, 0.3) is 5.91 Å². The van der Waals surface area contributed by atoms with E-state index in [4.69, 9.17) is 11.5 Å². The first-order valence-corrected chi connectivity index (χ1v) is 6.52. The fourth-order valence-electron chi connectivity index (χ4n) is 2.92.